The molecule has 0 saturated carbocycles. The first-order chi connectivity index (χ1) is 10.1. The maximum Gasteiger partial charge on any atom is 0.123 e. The maximum absolute atomic E-state index is 13.3. The topological polar surface area (TPSA) is 12.0 Å². The molecule has 2 aromatic carbocycles. The van der Waals surface area contributed by atoms with Crippen LogP contribution in [0.1, 0.15) is 36.1 Å². The Hall–Kier alpha value is -1.38. The lowest BCUT2D eigenvalue weighted by molar-refractivity contribution is 0.527. The summed E-state index contributed by atoms with van der Waals surface area (Å²) < 4.78 is 13.3. The van der Waals surface area contributed by atoms with E-state index in [1.54, 1.807) is 12.1 Å². The molecule has 0 aliphatic rings. The lowest BCUT2D eigenvalue weighted by atomic mass is 9.97. The lowest BCUT2D eigenvalue weighted by Gasteiger charge is -2.20. The number of aryl methyl sites for hydroxylation is 1. The molecule has 0 heterocycles. The molecule has 0 radical (unpaired) electrons. The molecule has 0 aliphatic carbocycles. The van der Waals surface area contributed by atoms with Crippen LogP contribution < -0.4 is 5.32 Å². The van der Waals surface area contributed by atoms with E-state index in [4.69, 9.17) is 11.6 Å². The monoisotopic (exact) mass is 305 g/mol. The Kier molecular flexibility index (Phi) is 5.77. The van der Waals surface area contributed by atoms with Crippen LogP contribution in [-0.4, -0.2) is 6.54 Å². The van der Waals surface area contributed by atoms with Crippen molar-refractivity contribution in [3.8, 4) is 0 Å². The van der Waals surface area contributed by atoms with E-state index in [2.05, 4.69) is 18.3 Å². The Bertz CT molecular complexity index is 598. The predicted octanol–water partition coefficient (Wildman–Crippen LogP) is 5.07. The minimum Gasteiger partial charge on any atom is -0.310 e. The third-order valence-corrected chi connectivity index (χ3v) is 3.98. The largest absolute Gasteiger partial charge is 0.310 e. The highest BCUT2D eigenvalue weighted by atomic mass is 35.5. The average molecular weight is 306 g/mol. The molecule has 112 valence electrons. The highest BCUT2D eigenvalue weighted by Crippen LogP contribution is 2.24. The molecule has 0 fully saturated rings. The zero-order valence-corrected chi connectivity index (χ0v) is 13.3. The van der Waals surface area contributed by atoms with E-state index in [-0.39, 0.29) is 11.9 Å². The van der Waals surface area contributed by atoms with Gasteiger partial charge in [0.2, 0.25) is 0 Å². The van der Waals surface area contributed by atoms with Crippen LogP contribution in [-0.2, 0) is 6.42 Å². The molecule has 0 amide bonds. The summed E-state index contributed by atoms with van der Waals surface area (Å²) in [7, 11) is 0. The molecule has 1 atom stereocenters. The zero-order valence-electron chi connectivity index (χ0n) is 12.5. The number of halogens is 2. The van der Waals surface area contributed by atoms with Gasteiger partial charge in [-0.15, -0.1) is 0 Å². The van der Waals surface area contributed by atoms with Crippen LogP contribution >= 0.6 is 11.6 Å². The molecular formula is C18H21ClFN. The minimum atomic E-state index is -0.191. The van der Waals surface area contributed by atoms with E-state index < -0.39 is 0 Å². The molecule has 0 spiro atoms. The van der Waals surface area contributed by atoms with Crippen molar-refractivity contribution in [2.75, 3.05) is 6.54 Å². The van der Waals surface area contributed by atoms with Gasteiger partial charge in [0.1, 0.15) is 5.82 Å². The van der Waals surface area contributed by atoms with Gasteiger partial charge in [0, 0.05) is 11.1 Å². The normalized spacial score (nSPS) is 12.4. The van der Waals surface area contributed by atoms with Crippen LogP contribution in [0, 0.1) is 12.7 Å². The Morgan fingerprint density at radius 1 is 1.19 bits per heavy atom. The van der Waals surface area contributed by atoms with Crippen molar-refractivity contribution in [1.29, 1.82) is 0 Å². The maximum atomic E-state index is 13.3. The van der Waals surface area contributed by atoms with Crippen LogP contribution in [0.5, 0.6) is 0 Å². The highest BCUT2D eigenvalue weighted by molar-refractivity contribution is 6.31. The fourth-order valence-electron chi connectivity index (χ4n) is 2.35. The number of benzene rings is 2. The summed E-state index contributed by atoms with van der Waals surface area (Å²) in [5.41, 5.74) is 3.20. The third kappa shape index (κ3) is 4.55. The standard InChI is InChI=1S/C18H21ClFN/c1-3-9-21-18(11-14-5-4-6-16(20)10-14)15-8-7-13(2)17(19)12-15/h4-8,10,12,18,21H,3,9,11H2,1-2H3. The molecule has 0 bridgehead atoms. The van der Waals surface area contributed by atoms with E-state index in [1.807, 2.05) is 25.1 Å². The molecule has 1 N–H and O–H groups in total. The number of nitrogens with one attached hydrogen (secondary N) is 1. The van der Waals surface area contributed by atoms with Crippen LogP contribution in [0.25, 0.3) is 0 Å². The fraction of sp³-hybridized carbons (Fsp3) is 0.333. The smallest absolute Gasteiger partial charge is 0.123 e. The van der Waals surface area contributed by atoms with Gasteiger partial charge < -0.3 is 5.32 Å². The highest BCUT2D eigenvalue weighted by Gasteiger charge is 2.13. The zero-order chi connectivity index (χ0) is 15.2. The summed E-state index contributed by atoms with van der Waals surface area (Å²) in [6.45, 7) is 5.05. The summed E-state index contributed by atoms with van der Waals surface area (Å²) in [6.07, 6.45) is 1.80. The van der Waals surface area contributed by atoms with Gasteiger partial charge in [-0.05, 0) is 61.2 Å². The van der Waals surface area contributed by atoms with Crippen LogP contribution in [0.3, 0.4) is 0 Å². The molecule has 0 aromatic heterocycles. The van der Waals surface area contributed by atoms with Crippen molar-refractivity contribution in [1.82, 2.24) is 5.32 Å². The van der Waals surface area contributed by atoms with E-state index in [1.165, 1.54) is 6.07 Å². The molecule has 2 rings (SSSR count). The second-order valence-electron chi connectivity index (χ2n) is 5.35. The van der Waals surface area contributed by atoms with Crippen molar-refractivity contribution in [2.45, 2.75) is 32.7 Å². The Labute approximate surface area is 131 Å². The van der Waals surface area contributed by atoms with Crippen molar-refractivity contribution in [3.05, 3.63) is 70.0 Å². The second kappa shape index (κ2) is 7.58. The lowest BCUT2D eigenvalue weighted by Crippen LogP contribution is -2.24. The van der Waals surface area contributed by atoms with Gasteiger partial charge >= 0.3 is 0 Å². The van der Waals surface area contributed by atoms with Gasteiger partial charge in [-0.25, -0.2) is 4.39 Å². The first-order valence-electron chi connectivity index (χ1n) is 7.34. The Balaban J connectivity index is 2.22. The van der Waals surface area contributed by atoms with E-state index in [9.17, 15) is 4.39 Å². The van der Waals surface area contributed by atoms with Crippen molar-refractivity contribution < 1.29 is 4.39 Å². The molecule has 1 unspecified atom stereocenters. The van der Waals surface area contributed by atoms with Gasteiger partial charge in [-0.1, -0.05) is 42.8 Å². The summed E-state index contributed by atoms with van der Waals surface area (Å²) in [6, 6.07) is 13.0. The van der Waals surface area contributed by atoms with Gasteiger partial charge in [0.25, 0.3) is 0 Å². The molecule has 3 heteroatoms. The third-order valence-electron chi connectivity index (χ3n) is 3.57. The summed E-state index contributed by atoms with van der Waals surface area (Å²) in [5, 5.41) is 4.29. The van der Waals surface area contributed by atoms with Crippen LogP contribution in [0.2, 0.25) is 5.02 Å². The van der Waals surface area contributed by atoms with Gasteiger partial charge in [0.05, 0.1) is 0 Å². The van der Waals surface area contributed by atoms with E-state index in [0.717, 1.165) is 41.1 Å². The first kappa shape index (κ1) is 16.0. The fourth-order valence-corrected chi connectivity index (χ4v) is 2.54. The second-order valence-corrected chi connectivity index (χ2v) is 5.76. The van der Waals surface area contributed by atoms with E-state index in [0.29, 0.717) is 0 Å². The Morgan fingerprint density at radius 2 is 2.00 bits per heavy atom. The minimum absolute atomic E-state index is 0.143. The summed E-state index contributed by atoms with van der Waals surface area (Å²) in [4.78, 5) is 0. The van der Waals surface area contributed by atoms with Crippen LogP contribution in [0.4, 0.5) is 4.39 Å². The van der Waals surface area contributed by atoms with Gasteiger partial charge in [-0.3, -0.25) is 0 Å². The van der Waals surface area contributed by atoms with Crippen molar-refractivity contribution in [3.63, 3.8) is 0 Å². The molecule has 0 aliphatic heterocycles. The SMILES string of the molecule is CCCNC(Cc1cccc(F)c1)c1ccc(C)c(Cl)c1. The molecule has 0 saturated heterocycles. The van der Waals surface area contributed by atoms with Crippen molar-refractivity contribution >= 4 is 11.6 Å². The predicted molar refractivity (Wildman–Crippen MR) is 87.3 cm³/mol. The number of hydrogen-bond acceptors (Lipinski definition) is 1. The average Bonchev–Trinajstić information content (AvgIpc) is 2.46. The van der Waals surface area contributed by atoms with Gasteiger partial charge in [0.15, 0.2) is 0 Å². The molecule has 21 heavy (non-hydrogen) atoms. The van der Waals surface area contributed by atoms with E-state index >= 15 is 0 Å². The first-order valence-corrected chi connectivity index (χ1v) is 7.72. The van der Waals surface area contributed by atoms with Crippen molar-refractivity contribution in [2.24, 2.45) is 0 Å². The van der Waals surface area contributed by atoms with Crippen LogP contribution in [0.15, 0.2) is 42.5 Å². The number of rotatable bonds is 6. The number of hydrogen-bond donors (Lipinski definition) is 1. The summed E-state index contributed by atoms with van der Waals surface area (Å²) >= 11 is 6.23. The van der Waals surface area contributed by atoms with Gasteiger partial charge in [-0.2, -0.15) is 0 Å². The Morgan fingerprint density at radius 3 is 2.67 bits per heavy atom. The summed E-state index contributed by atoms with van der Waals surface area (Å²) in [5.74, 6) is -0.191. The quantitative estimate of drug-likeness (QED) is 0.785. The molecular weight excluding hydrogens is 285 g/mol. The molecule has 2 aromatic rings. The molecule has 1 nitrogen and oxygen atoms in total.